The van der Waals surface area contributed by atoms with Crippen molar-refractivity contribution in [3.8, 4) is 0 Å². The topological polar surface area (TPSA) is 141 Å². The molecule has 0 aliphatic heterocycles. The van der Waals surface area contributed by atoms with E-state index < -0.39 is 34.8 Å². The van der Waals surface area contributed by atoms with E-state index in [9.17, 15) is 34.8 Å². The summed E-state index contributed by atoms with van der Waals surface area (Å²) in [5.74, 6) is -7.37. The van der Waals surface area contributed by atoms with E-state index >= 15 is 0 Å². The van der Waals surface area contributed by atoms with Crippen molar-refractivity contribution in [2.75, 3.05) is 0 Å². The van der Waals surface area contributed by atoms with Crippen molar-refractivity contribution in [3.05, 3.63) is 0 Å². The number of carboxylic acids is 3. The van der Waals surface area contributed by atoms with E-state index in [0.29, 0.717) is 38.5 Å². The molecule has 0 saturated carbocycles. The first-order valence-corrected chi connectivity index (χ1v) is 21.0. The molecule has 0 spiro atoms. The summed E-state index contributed by atoms with van der Waals surface area (Å²) in [6, 6.07) is 0. The van der Waals surface area contributed by atoms with Gasteiger partial charge < -0.3 is 34.8 Å². The molecule has 7 nitrogen and oxygen atoms in total. The fraction of sp³-hybridized carbons (Fsp3) is 0.929. The maximum Gasteiger partial charge on any atom is 0.123 e. The van der Waals surface area contributed by atoms with E-state index in [4.69, 9.17) is 0 Å². The molecule has 0 saturated heterocycles. The van der Waals surface area contributed by atoms with Crippen molar-refractivity contribution in [1.29, 1.82) is 0 Å². The van der Waals surface area contributed by atoms with E-state index in [2.05, 4.69) is 20.8 Å². The fourth-order valence-corrected chi connectivity index (χ4v) is 7.70. The maximum absolute atomic E-state index is 13.0. The minimum Gasteiger partial charge on any atom is -0.550 e. The van der Waals surface area contributed by atoms with Crippen molar-refractivity contribution < 1.29 is 34.8 Å². The van der Waals surface area contributed by atoms with E-state index in [1.54, 1.807) is 0 Å². The molecule has 0 aromatic carbocycles. The highest BCUT2D eigenvalue weighted by atomic mass is 16.4. The number of carboxylic acid groups (broad SMARTS) is 3. The van der Waals surface area contributed by atoms with Crippen LogP contribution in [-0.4, -0.2) is 28.6 Å². The Morgan fingerprint density at radius 2 is 0.694 bits per heavy atom. The lowest BCUT2D eigenvalue weighted by atomic mass is 9.59. The third kappa shape index (κ3) is 20.1. The molecule has 290 valence electrons. The van der Waals surface area contributed by atoms with Gasteiger partial charge in [-0.3, -0.25) is 0 Å². The van der Waals surface area contributed by atoms with Gasteiger partial charge in [0, 0.05) is 17.3 Å². The zero-order valence-electron chi connectivity index (χ0n) is 32.3. The van der Waals surface area contributed by atoms with E-state index in [0.717, 1.165) is 64.2 Å². The largest absolute Gasteiger partial charge is 0.550 e. The van der Waals surface area contributed by atoms with Crippen LogP contribution in [-0.2, 0) is 14.4 Å². The fourth-order valence-electron chi connectivity index (χ4n) is 7.70. The quantitative estimate of drug-likeness (QED) is 0.0639. The standard InChI is InChI=1S/C42H80O7/c1-4-7-10-13-16-19-22-25-28-31-34-37(38(43)44)42(49,40(47)48)41(39(45)46,35-32-29-26-23-20-17-14-11-8-5-2)36-33-30-27-24-21-18-15-12-9-6-3/h37,49H,4-36H2,1-3H3,(H,43,44)(H,45,46)(H,47,48)/p-3. The summed E-state index contributed by atoms with van der Waals surface area (Å²) in [6.07, 6.45) is 29.8. The summed E-state index contributed by atoms with van der Waals surface area (Å²) in [4.78, 5) is 38.4. The SMILES string of the molecule is CCCCCCCCCCCCC(C(=O)[O-])C(O)(C(=O)[O-])C(CCCCCCCCCCCC)(CCCCCCCCCCCC)C(=O)[O-]. The monoisotopic (exact) mass is 694 g/mol. The van der Waals surface area contributed by atoms with Crippen molar-refractivity contribution in [3.63, 3.8) is 0 Å². The molecule has 49 heavy (non-hydrogen) atoms. The maximum atomic E-state index is 13.0. The van der Waals surface area contributed by atoms with Crippen LogP contribution in [0.3, 0.4) is 0 Å². The van der Waals surface area contributed by atoms with Gasteiger partial charge in [0.05, 0.1) is 11.9 Å². The Morgan fingerprint density at radius 3 is 0.939 bits per heavy atom. The number of rotatable bonds is 38. The first-order chi connectivity index (χ1) is 23.7. The minimum absolute atomic E-state index is 0.157. The zero-order chi connectivity index (χ0) is 36.6. The van der Waals surface area contributed by atoms with Gasteiger partial charge in [-0.25, -0.2) is 0 Å². The van der Waals surface area contributed by atoms with Crippen molar-refractivity contribution >= 4 is 17.9 Å². The van der Waals surface area contributed by atoms with Gasteiger partial charge in [0.25, 0.3) is 0 Å². The molecule has 0 aromatic heterocycles. The highest BCUT2D eigenvalue weighted by Crippen LogP contribution is 2.47. The second kappa shape index (κ2) is 31.1. The van der Waals surface area contributed by atoms with Gasteiger partial charge in [0.2, 0.25) is 0 Å². The zero-order valence-corrected chi connectivity index (χ0v) is 32.3. The third-order valence-electron chi connectivity index (χ3n) is 11.0. The van der Waals surface area contributed by atoms with Crippen molar-refractivity contribution in [2.45, 2.75) is 238 Å². The molecule has 2 unspecified atom stereocenters. The lowest BCUT2D eigenvalue weighted by molar-refractivity contribution is -0.365. The molecule has 2 atom stereocenters. The summed E-state index contributed by atoms with van der Waals surface area (Å²) in [7, 11) is 0. The smallest absolute Gasteiger partial charge is 0.123 e. The van der Waals surface area contributed by atoms with Crippen LogP contribution in [0.1, 0.15) is 233 Å². The van der Waals surface area contributed by atoms with Crippen LogP contribution in [0.2, 0.25) is 0 Å². The van der Waals surface area contributed by atoms with Crippen molar-refractivity contribution in [1.82, 2.24) is 0 Å². The average Bonchev–Trinajstić information content (AvgIpc) is 3.07. The molecule has 1 N–H and O–H groups in total. The molecule has 7 heteroatoms. The van der Waals surface area contributed by atoms with Crippen LogP contribution in [0, 0.1) is 11.3 Å². The summed E-state index contributed by atoms with van der Waals surface area (Å²) < 4.78 is 0. The molecule has 0 heterocycles. The molecule has 0 bridgehead atoms. The first-order valence-electron chi connectivity index (χ1n) is 21.0. The lowest BCUT2D eigenvalue weighted by Gasteiger charge is -2.53. The molecular weight excluding hydrogens is 616 g/mol. The molecule has 0 radical (unpaired) electrons. The summed E-state index contributed by atoms with van der Waals surface area (Å²) in [5, 5.41) is 50.3. The Kier molecular flexibility index (Phi) is 30.1. The Morgan fingerprint density at radius 1 is 0.429 bits per heavy atom. The van der Waals surface area contributed by atoms with E-state index in [-0.39, 0.29) is 19.3 Å². The number of hydrogen-bond donors (Lipinski definition) is 1. The van der Waals surface area contributed by atoms with Crippen LogP contribution < -0.4 is 15.3 Å². The summed E-state index contributed by atoms with van der Waals surface area (Å²) in [5.41, 5.74) is -5.39. The molecule has 0 fully saturated rings. The highest BCUT2D eigenvalue weighted by Gasteiger charge is 2.56. The van der Waals surface area contributed by atoms with E-state index in [1.807, 2.05) is 0 Å². The van der Waals surface area contributed by atoms with Crippen LogP contribution in [0.4, 0.5) is 0 Å². The van der Waals surface area contributed by atoms with Crippen molar-refractivity contribution in [2.24, 2.45) is 11.3 Å². The Balaban J connectivity index is 5.56. The predicted octanol–water partition coefficient (Wildman–Crippen LogP) is 8.50. The lowest BCUT2D eigenvalue weighted by Crippen LogP contribution is -2.71. The van der Waals surface area contributed by atoms with Gasteiger partial charge in [-0.1, -0.05) is 213 Å². The van der Waals surface area contributed by atoms with Gasteiger partial charge in [-0.05, 0) is 19.3 Å². The predicted molar refractivity (Wildman–Crippen MR) is 195 cm³/mol. The average molecular weight is 694 g/mol. The van der Waals surface area contributed by atoms with Gasteiger partial charge in [-0.15, -0.1) is 0 Å². The highest BCUT2D eigenvalue weighted by molar-refractivity contribution is 5.91. The van der Waals surface area contributed by atoms with Gasteiger partial charge in [-0.2, -0.15) is 0 Å². The van der Waals surface area contributed by atoms with Gasteiger partial charge in [0.15, 0.2) is 0 Å². The number of carbonyl (C=O) groups excluding carboxylic acids is 3. The van der Waals surface area contributed by atoms with Crippen LogP contribution >= 0.6 is 0 Å². The van der Waals surface area contributed by atoms with Gasteiger partial charge in [0.1, 0.15) is 5.60 Å². The number of unbranched alkanes of at least 4 members (excludes halogenated alkanes) is 27. The number of hydrogen-bond acceptors (Lipinski definition) is 7. The molecule has 0 aliphatic rings. The number of aliphatic hydroxyl groups is 1. The molecular formula is C42H77O7-3. The first kappa shape index (κ1) is 47.4. The van der Waals surface area contributed by atoms with Crippen LogP contribution in [0.5, 0.6) is 0 Å². The normalized spacial score (nSPS) is 13.7. The summed E-state index contributed by atoms with van der Waals surface area (Å²) >= 11 is 0. The van der Waals surface area contributed by atoms with Gasteiger partial charge >= 0.3 is 0 Å². The molecule has 0 rings (SSSR count). The second-order valence-corrected chi connectivity index (χ2v) is 15.1. The van der Waals surface area contributed by atoms with Crippen LogP contribution in [0.15, 0.2) is 0 Å². The molecule has 0 amide bonds. The Bertz CT molecular complexity index is 789. The Hall–Kier alpha value is -1.63. The second-order valence-electron chi connectivity index (χ2n) is 15.1. The molecule has 0 aromatic rings. The summed E-state index contributed by atoms with van der Waals surface area (Å²) in [6.45, 7) is 6.57. The van der Waals surface area contributed by atoms with E-state index in [1.165, 1.54) is 89.9 Å². The Labute approximate surface area is 301 Å². The van der Waals surface area contributed by atoms with Crippen LogP contribution in [0.25, 0.3) is 0 Å². The minimum atomic E-state index is -3.12. The molecule has 0 aliphatic carbocycles. The number of aliphatic carboxylic acids is 3. The number of carbonyl (C=O) groups is 3. The third-order valence-corrected chi connectivity index (χ3v) is 11.0.